The van der Waals surface area contributed by atoms with E-state index < -0.39 is 11.5 Å². The number of nitrogens with one attached hydrogen (secondary N) is 1. The molecule has 0 radical (unpaired) electrons. The number of nitrogens with two attached hydrogens (primary N) is 2. The molecule has 0 bridgehead atoms. The molecule has 29 heavy (non-hydrogen) atoms. The van der Waals surface area contributed by atoms with Crippen LogP contribution in [0.15, 0.2) is 35.3 Å². The van der Waals surface area contributed by atoms with Crippen LogP contribution in [0.1, 0.15) is 30.0 Å². The highest BCUT2D eigenvalue weighted by molar-refractivity contribution is 6.30. The monoisotopic (exact) mass is 411 g/mol. The minimum atomic E-state index is -1.43. The Kier molecular flexibility index (Phi) is 4.78. The molecule has 2 aromatic rings. The molecule has 7 heteroatoms. The van der Waals surface area contributed by atoms with E-state index in [0.29, 0.717) is 22.5 Å². The van der Waals surface area contributed by atoms with E-state index in [9.17, 15) is 4.39 Å². The largest absolute Gasteiger partial charge is 0.398 e. The Bertz CT molecular complexity index is 1070. The minimum absolute atomic E-state index is 0.00663. The second-order valence-corrected chi connectivity index (χ2v) is 8.46. The van der Waals surface area contributed by atoms with Gasteiger partial charge in [-0.15, -0.1) is 0 Å². The fourth-order valence-corrected chi connectivity index (χ4v) is 4.13. The third kappa shape index (κ3) is 3.46. The van der Waals surface area contributed by atoms with Gasteiger partial charge in [-0.3, -0.25) is 5.73 Å². The summed E-state index contributed by atoms with van der Waals surface area (Å²) in [5.41, 5.74) is 14.0. The zero-order chi connectivity index (χ0) is 20.8. The van der Waals surface area contributed by atoms with Crippen molar-refractivity contribution in [3.63, 3.8) is 0 Å². The van der Waals surface area contributed by atoms with Gasteiger partial charge >= 0.3 is 0 Å². The lowest BCUT2D eigenvalue weighted by atomic mass is 9.87. The Balaban J connectivity index is 1.77. The maximum absolute atomic E-state index is 14.7. The number of rotatable bonds is 1. The van der Waals surface area contributed by atoms with Gasteiger partial charge in [-0.1, -0.05) is 35.6 Å². The van der Waals surface area contributed by atoms with Crippen molar-refractivity contribution in [1.82, 2.24) is 4.90 Å². The number of likely N-dealkylation sites (tertiary alicyclic amines) is 1. The summed E-state index contributed by atoms with van der Waals surface area (Å²) in [5, 5.41) is 3.07. The summed E-state index contributed by atoms with van der Waals surface area (Å²) >= 11 is 5.96. The number of nitrogen functional groups attached to an aromatic ring is 1. The van der Waals surface area contributed by atoms with Crippen LogP contribution in [-0.4, -0.2) is 31.4 Å². The van der Waals surface area contributed by atoms with E-state index in [0.717, 1.165) is 19.5 Å². The molecule has 1 fully saturated rings. The molecule has 1 unspecified atom stereocenters. The first-order valence-corrected chi connectivity index (χ1v) is 9.79. The lowest BCUT2D eigenvalue weighted by molar-refractivity contribution is 0.373. The number of anilines is 2. The molecule has 5 N–H and O–H groups in total. The zero-order valence-electron chi connectivity index (χ0n) is 16.4. The molecule has 0 saturated carbocycles. The van der Waals surface area contributed by atoms with Gasteiger partial charge in [0.05, 0.1) is 11.4 Å². The first-order valence-electron chi connectivity index (χ1n) is 9.41. The molecule has 2 atom stereocenters. The molecule has 0 amide bonds. The summed E-state index contributed by atoms with van der Waals surface area (Å²) in [7, 11) is 2.10. The van der Waals surface area contributed by atoms with Gasteiger partial charge in [0.2, 0.25) is 0 Å². The van der Waals surface area contributed by atoms with Crippen molar-refractivity contribution in [3.05, 3.63) is 57.9 Å². The number of hydrogen-bond donors (Lipinski definition) is 3. The molecule has 2 aromatic carbocycles. The Morgan fingerprint density at radius 3 is 2.83 bits per heavy atom. The molecule has 150 valence electrons. The lowest BCUT2D eigenvalue weighted by Crippen LogP contribution is -2.40. The van der Waals surface area contributed by atoms with E-state index in [1.807, 2.05) is 6.07 Å². The van der Waals surface area contributed by atoms with Gasteiger partial charge in [0.15, 0.2) is 5.66 Å². The average molecular weight is 412 g/mol. The van der Waals surface area contributed by atoms with Crippen LogP contribution in [0.25, 0.3) is 0 Å². The molecule has 0 spiro atoms. The van der Waals surface area contributed by atoms with Crippen LogP contribution in [0.4, 0.5) is 15.8 Å². The topological polar surface area (TPSA) is 79.7 Å². The highest BCUT2D eigenvalue weighted by Crippen LogP contribution is 2.40. The molecular weight excluding hydrogens is 389 g/mol. The Hall–Kier alpha value is -2.59. The van der Waals surface area contributed by atoms with Crippen molar-refractivity contribution in [2.45, 2.75) is 19.0 Å². The number of benzene rings is 2. The normalized spacial score (nSPS) is 25.8. The van der Waals surface area contributed by atoms with Crippen molar-refractivity contribution >= 4 is 29.3 Å². The summed E-state index contributed by atoms with van der Waals surface area (Å²) in [5.74, 6) is 6.02. The van der Waals surface area contributed by atoms with Crippen molar-refractivity contribution in [3.8, 4) is 11.8 Å². The van der Waals surface area contributed by atoms with E-state index in [4.69, 9.17) is 23.1 Å². The summed E-state index contributed by atoms with van der Waals surface area (Å²) in [6, 6.07) is 8.26. The van der Waals surface area contributed by atoms with Gasteiger partial charge in [0.1, 0.15) is 5.82 Å². The third-order valence-electron chi connectivity index (χ3n) is 5.61. The summed E-state index contributed by atoms with van der Waals surface area (Å²) in [4.78, 5) is 6.59. The van der Waals surface area contributed by atoms with Crippen LogP contribution in [0.5, 0.6) is 0 Å². The molecule has 0 aliphatic carbocycles. The minimum Gasteiger partial charge on any atom is -0.398 e. The summed E-state index contributed by atoms with van der Waals surface area (Å²) in [6.07, 6.45) is 2.48. The van der Waals surface area contributed by atoms with E-state index in [1.165, 1.54) is 12.4 Å². The van der Waals surface area contributed by atoms with Crippen LogP contribution in [0.2, 0.25) is 5.02 Å². The standard InChI is InChI=1S/C22H23ClFN5/c1-21(8-9-29(2)12-21)7-6-14-10-19-16(11-18(14)25)22(26,28-13-27-19)15-4-3-5-17(23)20(15)24/h3-5,10-11,13H,8-9,12,25-26H2,1-2H3,(H,27,28)/t21-,22?/m0/s1. The van der Waals surface area contributed by atoms with Gasteiger partial charge in [-0.2, -0.15) is 0 Å². The van der Waals surface area contributed by atoms with Gasteiger partial charge in [-0.05, 0) is 45.1 Å². The quantitative estimate of drug-likeness (QED) is 0.496. The van der Waals surface area contributed by atoms with Crippen LogP contribution in [0.3, 0.4) is 0 Å². The molecular formula is C22H23ClFN5. The van der Waals surface area contributed by atoms with E-state index >= 15 is 0 Å². The number of hydrogen-bond acceptors (Lipinski definition) is 5. The molecule has 2 aliphatic rings. The molecule has 1 saturated heterocycles. The molecule has 2 heterocycles. The van der Waals surface area contributed by atoms with Crippen LogP contribution in [0, 0.1) is 23.1 Å². The highest BCUT2D eigenvalue weighted by Gasteiger charge is 2.37. The van der Waals surface area contributed by atoms with E-state index in [1.54, 1.807) is 18.2 Å². The fraction of sp³-hybridized carbons (Fsp3) is 0.318. The molecule has 5 nitrogen and oxygen atoms in total. The van der Waals surface area contributed by atoms with E-state index in [-0.39, 0.29) is 16.0 Å². The molecule has 0 aromatic heterocycles. The number of halogens is 2. The van der Waals surface area contributed by atoms with Crippen molar-refractivity contribution in [2.24, 2.45) is 16.1 Å². The third-order valence-corrected chi connectivity index (χ3v) is 5.91. The molecule has 2 aliphatic heterocycles. The zero-order valence-corrected chi connectivity index (χ0v) is 17.1. The van der Waals surface area contributed by atoms with Crippen molar-refractivity contribution in [2.75, 3.05) is 31.2 Å². The van der Waals surface area contributed by atoms with E-state index in [2.05, 4.69) is 41.0 Å². The van der Waals surface area contributed by atoms with Gasteiger partial charge in [-0.25, -0.2) is 9.38 Å². The average Bonchev–Trinajstić information content (AvgIpc) is 3.02. The maximum atomic E-state index is 14.7. The van der Waals surface area contributed by atoms with Gasteiger partial charge in [0, 0.05) is 40.0 Å². The smallest absolute Gasteiger partial charge is 0.166 e. The Labute approximate surface area is 174 Å². The second kappa shape index (κ2) is 7.03. The van der Waals surface area contributed by atoms with Crippen molar-refractivity contribution in [1.29, 1.82) is 0 Å². The Morgan fingerprint density at radius 1 is 1.31 bits per heavy atom. The van der Waals surface area contributed by atoms with Gasteiger partial charge in [0.25, 0.3) is 0 Å². The molecule has 4 rings (SSSR count). The maximum Gasteiger partial charge on any atom is 0.166 e. The van der Waals surface area contributed by atoms with Crippen LogP contribution < -0.4 is 16.8 Å². The first-order chi connectivity index (χ1) is 13.7. The lowest BCUT2D eigenvalue weighted by Gasteiger charge is -2.32. The van der Waals surface area contributed by atoms with Crippen LogP contribution in [-0.2, 0) is 5.66 Å². The number of nitrogens with zero attached hydrogens (tertiary/aromatic N) is 2. The van der Waals surface area contributed by atoms with Crippen LogP contribution >= 0.6 is 11.6 Å². The highest BCUT2D eigenvalue weighted by atomic mass is 35.5. The predicted molar refractivity (Wildman–Crippen MR) is 116 cm³/mol. The number of aliphatic imine (C=N–C) groups is 1. The Morgan fingerprint density at radius 2 is 2.10 bits per heavy atom. The summed E-state index contributed by atoms with van der Waals surface area (Å²) in [6.45, 7) is 4.12. The number of fused-ring (bicyclic) bond motifs is 1. The fourth-order valence-electron chi connectivity index (χ4n) is 3.96. The SMILES string of the molecule is CN1CC[C@](C)(C#Cc2cc3c(cc2N)C(N)(c2cccc(Cl)c2F)N=CN3)C1. The van der Waals surface area contributed by atoms with Crippen molar-refractivity contribution < 1.29 is 4.39 Å². The first kappa shape index (κ1) is 19.7. The van der Waals surface area contributed by atoms with Gasteiger partial charge < -0.3 is 16.0 Å². The summed E-state index contributed by atoms with van der Waals surface area (Å²) < 4.78 is 14.7. The predicted octanol–water partition coefficient (Wildman–Crippen LogP) is 3.37. The second-order valence-electron chi connectivity index (χ2n) is 8.05.